The van der Waals surface area contributed by atoms with Crippen LogP contribution in [0.5, 0.6) is 0 Å². The first kappa shape index (κ1) is 13.2. The molecule has 0 N–H and O–H groups in total. The Morgan fingerprint density at radius 2 is 2.16 bits per heavy atom. The third-order valence-corrected chi connectivity index (χ3v) is 3.24. The number of methoxy groups -OCH3 is 1. The Kier molecular flexibility index (Phi) is 3.59. The van der Waals surface area contributed by atoms with Crippen molar-refractivity contribution < 1.29 is 19.2 Å². The number of carbonyl (C=O) groups is 2. The number of rotatable bonds is 3. The lowest BCUT2D eigenvalue weighted by Crippen LogP contribution is -2.15. The third kappa shape index (κ3) is 2.47. The van der Waals surface area contributed by atoms with E-state index in [9.17, 15) is 19.7 Å². The molecule has 1 aliphatic rings. The Morgan fingerprint density at radius 3 is 2.79 bits per heavy atom. The molecule has 1 aliphatic carbocycles. The summed E-state index contributed by atoms with van der Waals surface area (Å²) in [5, 5.41) is 11.2. The van der Waals surface area contributed by atoms with Crippen molar-refractivity contribution in [2.24, 2.45) is 0 Å². The van der Waals surface area contributed by atoms with Crippen molar-refractivity contribution in [2.75, 3.05) is 7.11 Å². The number of ketones is 1. The Labute approximate surface area is 109 Å². The summed E-state index contributed by atoms with van der Waals surface area (Å²) in [5.41, 5.74) is 1.04. The number of esters is 1. The highest BCUT2D eigenvalue weighted by Crippen LogP contribution is 2.33. The molecule has 1 aromatic rings. The molecule has 6 heteroatoms. The second kappa shape index (κ2) is 5.17. The first-order valence-electron chi connectivity index (χ1n) is 5.93. The second-order valence-electron chi connectivity index (χ2n) is 4.39. The van der Waals surface area contributed by atoms with Gasteiger partial charge in [0.2, 0.25) is 0 Å². The van der Waals surface area contributed by atoms with Crippen LogP contribution in [0.4, 0.5) is 5.69 Å². The Morgan fingerprint density at radius 1 is 1.42 bits per heavy atom. The van der Waals surface area contributed by atoms with Gasteiger partial charge in [-0.3, -0.25) is 19.7 Å². The number of nitro benzene ring substituents is 1. The van der Waals surface area contributed by atoms with Crippen LogP contribution in [0.2, 0.25) is 0 Å². The third-order valence-electron chi connectivity index (χ3n) is 3.24. The summed E-state index contributed by atoms with van der Waals surface area (Å²) in [6, 6.07) is 3.04. The van der Waals surface area contributed by atoms with E-state index in [4.69, 9.17) is 0 Å². The number of hydrogen-bond acceptors (Lipinski definition) is 5. The van der Waals surface area contributed by atoms with Crippen LogP contribution in [0.15, 0.2) is 12.1 Å². The zero-order chi connectivity index (χ0) is 14.0. The van der Waals surface area contributed by atoms with E-state index in [1.807, 2.05) is 0 Å². The van der Waals surface area contributed by atoms with Gasteiger partial charge >= 0.3 is 5.97 Å². The van der Waals surface area contributed by atoms with Gasteiger partial charge in [-0.15, -0.1) is 0 Å². The first-order chi connectivity index (χ1) is 9.04. The molecule has 1 aromatic carbocycles. The van der Waals surface area contributed by atoms with Gasteiger partial charge < -0.3 is 4.74 Å². The highest BCUT2D eigenvalue weighted by atomic mass is 16.6. The van der Waals surface area contributed by atoms with Gasteiger partial charge in [0, 0.05) is 23.1 Å². The first-order valence-corrected chi connectivity index (χ1v) is 5.93. The van der Waals surface area contributed by atoms with E-state index >= 15 is 0 Å². The quantitative estimate of drug-likeness (QED) is 0.471. The normalized spacial score (nSPS) is 13.8. The maximum Gasteiger partial charge on any atom is 0.310 e. The molecule has 0 spiro atoms. The molecule has 0 fully saturated rings. The van der Waals surface area contributed by atoms with Gasteiger partial charge in [-0.2, -0.15) is 0 Å². The van der Waals surface area contributed by atoms with Crippen molar-refractivity contribution in [3.63, 3.8) is 0 Å². The topological polar surface area (TPSA) is 86.5 Å². The molecular formula is C13H13NO5. The molecule has 0 atom stereocenters. The Bertz CT molecular complexity index is 564. The molecule has 0 heterocycles. The summed E-state index contributed by atoms with van der Waals surface area (Å²) >= 11 is 0. The van der Waals surface area contributed by atoms with Crippen LogP contribution in [0.25, 0.3) is 0 Å². The standard InChI is InChI=1S/C13H13NO5/c1-19-12(16)7-8-5-6-9-10(13(8)14(17)18)3-2-4-11(9)15/h5-6H,2-4,7H2,1H3. The lowest BCUT2D eigenvalue weighted by molar-refractivity contribution is -0.386. The average molecular weight is 263 g/mol. The molecule has 19 heavy (non-hydrogen) atoms. The number of ether oxygens (including phenoxy) is 1. The van der Waals surface area contributed by atoms with Crippen LogP contribution >= 0.6 is 0 Å². The number of nitro groups is 1. The molecule has 0 saturated carbocycles. The molecule has 0 aliphatic heterocycles. The summed E-state index contributed by atoms with van der Waals surface area (Å²) in [4.78, 5) is 33.7. The maximum atomic E-state index is 11.7. The van der Waals surface area contributed by atoms with E-state index in [1.54, 1.807) is 6.07 Å². The van der Waals surface area contributed by atoms with Gasteiger partial charge in [0.1, 0.15) is 0 Å². The summed E-state index contributed by atoms with van der Waals surface area (Å²) in [6.07, 6.45) is 1.36. The van der Waals surface area contributed by atoms with Crippen molar-refractivity contribution in [3.05, 3.63) is 38.9 Å². The number of fused-ring (bicyclic) bond motifs is 1. The smallest absolute Gasteiger partial charge is 0.310 e. The summed E-state index contributed by atoms with van der Waals surface area (Å²) in [7, 11) is 1.23. The van der Waals surface area contributed by atoms with E-state index in [2.05, 4.69) is 4.74 Å². The molecule has 0 radical (unpaired) electrons. The Hall–Kier alpha value is -2.24. The number of benzene rings is 1. The fourth-order valence-corrected chi connectivity index (χ4v) is 2.36. The predicted octanol–water partition coefficient (Wildman–Crippen LogP) is 1.83. The highest BCUT2D eigenvalue weighted by molar-refractivity contribution is 5.99. The molecule has 0 bridgehead atoms. The second-order valence-corrected chi connectivity index (χ2v) is 4.39. The molecule has 0 saturated heterocycles. The van der Waals surface area contributed by atoms with E-state index in [-0.39, 0.29) is 17.9 Å². The summed E-state index contributed by atoms with van der Waals surface area (Å²) in [6.45, 7) is 0. The van der Waals surface area contributed by atoms with Gasteiger partial charge in [0.05, 0.1) is 18.5 Å². The van der Waals surface area contributed by atoms with Crippen LogP contribution in [0.1, 0.15) is 34.3 Å². The fraction of sp³-hybridized carbons (Fsp3) is 0.385. The van der Waals surface area contributed by atoms with Crippen LogP contribution in [-0.4, -0.2) is 23.8 Å². The largest absolute Gasteiger partial charge is 0.469 e. The van der Waals surface area contributed by atoms with E-state index in [1.165, 1.54) is 13.2 Å². The molecule has 0 amide bonds. The highest BCUT2D eigenvalue weighted by Gasteiger charge is 2.29. The van der Waals surface area contributed by atoms with Gasteiger partial charge in [0.25, 0.3) is 5.69 Å². The molecule has 2 rings (SSSR count). The van der Waals surface area contributed by atoms with Crippen molar-refractivity contribution in [1.82, 2.24) is 0 Å². The lowest BCUT2D eigenvalue weighted by Gasteiger charge is -2.16. The molecule has 100 valence electrons. The summed E-state index contributed by atoms with van der Waals surface area (Å²) in [5.74, 6) is -0.612. The molecule has 0 aromatic heterocycles. The maximum absolute atomic E-state index is 11.7. The number of Topliss-reactive ketones (excluding diaryl/α,β-unsaturated/α-hetero) is 1. The van der Waals surface area contributed by atoms with Crippen LogP contribution < -0.4 is 0 Å². The minimum atomic E-state index is -0.537. The van der Waals surface area contributed by atoms with Crippen molar-refractivity contribution in [3.8, 4) is 0 Å². The van der Waals surface area contributed by atoms with E-state index in [0.29, 0.717) is 36.0 Å². The van der Waals surface area contributed by atoms with Crippen molar-refractivity contribution >= 4 is 17.4 Å². The SMILES string of the molecule is COC(=O)Cc1ccc2c(c1[N+](=O)[O-])CCCC2=O. The van der Waals surface area contributed by atoms with Crippen LogP contribution in [-0.2, 0) is 22.4 Å². The average Bonchev–Trinajstić information content (AvgIpc) is 2.38. The lowest BCUT2D eigenvalue weighted by atomic mass is 9.87. The zero-order valence-corrected chi connectivity index (χ0v) is 10.5. The molecular weight excluding hydrogens is 250 g/mol. The Balaban J connectivity index is 2.54. The minimum absolute atomic E-state index is 0.0750. The van der Waals surface area contributed by atoms with Gasteiger partial charge in [-0.25, -0.2) is 0 Å². The zero-order valence-electron chi connectivity index (χ0n) is 10.5. The van der Waals surface area contributed by atoms with Crippen LogP contribution in [0.3, 0.4) is 0 Å². The van der Waals surface area contributed by atoms with Crippen molar-refractivity contribution in [2.45, 2.75) is 25.7 Å². The van der Waals surface area contributed by atoms with E-state index in [0.717, 1.165) is 0 Å². The van der Waals surface area contributed by atoms with E-state index < -0.39 is 10.9 Å². The summed E-state index contributed by atoms with van der Waals surface area (Å²) < 4.78 is 4.53. The number of hydrogen-bond donors (Lipinski definition) is 0. The predicted molar refractivity (Wildman–Crippen MR) is 66.1 cm³/mol. The minimum Gasteiger partial charge on any atom is -0.469 e. The van der Waals surface area contributed by atoms with Gasteiger partial charge in [0.15, 0.2) is 5.78 Å². The number of nitrogens with zero attached hydrogens (tertiary/aromatic N) is 1. The van der Waals surface area contributed by atoms with Crippen LogP contribution in [0, 0.1) is 10.1 Å². The monoisotopic (exact) mass is 263 g/mol. The molecule has 0 unspecified atom stereocenters. The van der Waals surface area contributed by atoms with Gasteiger partial charge in [-0.05, 0) is 12.8 Å². The van der Waals surface area contributed by atoms with Crippen molar-refractivity contribution in [1.29, 1.82) is 0 Å². The fourth-order valence-electron chi connectivity index (χ4n) is 2.36. The molecule has 6 nitrogen and oxygen atoms in total. The number of carbonyl (C=O) groups excluding carboxylic acids is 2. The van der Waals surface area contributed by atoms with Gasteiger partial charge in [-0.1, -0.05) is 12.1 Å².